The topological polar surface area (TPSA) is 88.2 Å². The molecule has 3 aliphatic rings. The Kier molecular flexibility index (Phi) is 8.27. The first-order valence-electron chi connectivity index (χ1n) is 12.3. The highest BCUT2D eigenvalue weighted by molar-refractivity contribution is 7.89. The first kappa shape index (κ1) is 24.4. The van der Waals surface area contributed by atoms with Crippen molar-refractivity contribution < 1.29 is 22.7 Å². The Morgan fingerprint density at radius 2 is 1.79 bits per heavy atom. The maximum Gasteiger partial charge on any atom is 0.253 e. The molecule has 1 aliphatic carbocycles. The number of likely N-dealkylation sites (tertiary alicyclic amines) is 1. The second kappa shape index (κ2) is 11.2. The minimum absolute atomic E-state index is 0.0446. The lowest BCUT2D eigenvalue weighted by molar-refractivity contribution is 0.0332. The van der Waals surface area contributed by atoms with Gasteiger partial charge >= 0.3 is 0 Å². The van der Waals surface area contributed by atoms with Gasteiger partial charge in [-0.05, 0) is 62.8 Å². The first-order chi connectivity index (χ1) is 16.0. The summed E-state index contributed by atoms with van der Waals surface area (Å²) in [6.45, 7) is 6.18. The number of sulfonamides is 1. The molecule has 0 atom stereocenters. The van der Waals surface area contributed by atoms with Crippen LogP contribution in [0.4, 0.5) is 0 Å². The fraction of sp³-hybridized carbons (Fsp3) is 0.708. The molecule has 0 aromatic heterocycles. The molecule has 4 rings (SSSR count). The molecular formula is C24H37N3O5S. The highest BCUT2D eigenvalue weighted by atomic mass is 32.2. The van der Waals surface area contributed by atoms with E-state index in [0.717, 1.165) is 77.8 Å². The van der Waals surface area contributed by atoms with Gasteiger partial charge in [0.05, 0.1) is 20.3 Å². The molecule has 3 fully saturated rings. The third-order valence-electron chi connectivity index (χ3n) is 7.24. The van der Waals surface area contributed by atoms with E-state index < -0.39 is 10.0 Å². The smallest absolute Gasteiger partial charge is 0.253 e. The molecule has 9 heteroatoms. The second-order valence-electron chi connectivity index (χ2n) is 9.45. The van der Waals surface area contributed by atoms with Crippen LogP contribution in [0.2, 0.25) is 0 Å². The maximum atomic E-state index is 13.2. The molecular weight excluding hydrogens is 442 g/mol. The quantitative estimate of drug-likeness (QED) is 0.616. The fourth-order valence-electron chi connectivity index (χ4n) is 5.14. The largest absolute Gasteiger partial charge is 0.495 e. The molecule has 2 aliphatic heterocycles. The molecule has 0 spiro atoms. The molecule has 8 nitrogen and oxygen atoms in total. The molecule has 33 heavy (non-hydrogen) atoms. The van der Waals surface area contributed by atoms with Crippen LogP contribution in [0.25, 0.3) is 0 Å². The van der Waals surface area contributed by atoms with E-state index in [-0.39, 0.29) is 22.6 Å². The molecule has 2 saturated heterocycles. The average Bonchev–Trinajstić information content (AvgIpc) is 3.35. The number of hydrogen-bond acceptors (Lipinski definition) is 6. The summed E-state index contributed by atoms with van der Waals surface area (Å²) in [6, 6.07) is 4.69. The van der Waals surface area contributed by atoms with Gasteiger partial charge < -0.3 is 14.4 Å². The Hall–Kier alpha value is -1.68. The summed E-state index contributed by atoms with van der Waals surface area (Å²) < 4.78 is 39.6. The number of nitrogens with zero attached hydrogens (tertiary/aromatic N) is 2. The molecule has 184 valence electrons. The van der Waals surface area contributed by atoms with Crippen molar-refractivity contribution in [3.05, 3.63) is 23.8 Å². The van der Waals surface area contributed by atoms with Gasteiger partial charge in [0.15, 0.2) is 0 Å². The Morgan fingerprint density at radius 1 is 1.09 bits per heavy atom. The summed E-state index contributed by atoms with van der Waals surface area (Å²) in [4.78, 5) is 17.5. The number of methoxy groups -OCH3 is 1. The van der Waals surface area contributed by atoms with Gasteiger partial charge in [-0.1, -0.05) is 12.8 Å². The minimum atomic E-state index is -3.76. The Labute approximate surface area is 197 Å². The van der Waals surface area contributed by atoms with Crippen LogP contribution >= 0.6 is 0 Å². The van der Waals surface area contributed by atoms with Crippen molar-refractivity contribution in [2.24, 2.45) is 5.92 Å². The molecule has 0 bridgehead atoms. The highest BCUT2D eigenvalue weighted by Crippen LogP contribution is 2.29. The molecule has 1 aromatic rings. The number of rotatable bonds is 8. The molecule has 1 aromatic carbocycles. The van der Waals surface area contributed by atoms with E-state index in [0.29, 0.717) is 24.6 Å². The van der Waals surface area contributed by atoms with Gasteiger partial charge in [0.2, 0.25) is 10.0 Å². The van der Waals surface area contributed by atoms with Crippen molar-refractivity contribution in [3.63, 3.8) is 0 Å². The maximum absolute atomic E-state index is 13.2. The third kappa shape index (κ3) is 6.26. The second-order valence-corrected chi connectivity index (χ2v) is 11.1. The lowest BCUT2D eigenvalue weighted by Gasteiger charge is -2.34. The summed E-state index contributed by atoms with van der Waals surface area (Å²) in [5.74, 6) is 0.778. The van der Waals surface area contributed by atoms with Crippen LogP contribution in [0.1, 0.15) is 55.3 Å². The van der Waals surface area contributed by atoms with Gasteiger partial charge in [0, 0.05) is 37.8 Å². The zero-order valence-electron chi connectivity index (χ0n) is 19.6. The number of morpholine rings is 1. The normalized spacial score (nSPS) is 21.4. The van der Waals surface area contributed by atoms with Crippen molar-refractivity contribution in [1.82, 2.24) is 14.5 Å². The molecule has 1 N–H and O–H groups in total. The zero-order valence-corrected chi connectivity index (χ0v) is 20.4. The zero-order chi connectivity index (χ0) is 23.3. The van der Waals surface area contributed by atoms with E-state index in [2.05, 4.69) is 9.62 Å². The van der Waals surface area contributed by atoms with Crippen LogP contribution in [-0.2, 0) is 14.8 Å². The number of hydrogen-bond donors (Lipinski definition) is 1. The lowest BCUT2D eigenvalue weighted by atomic mass is 9.93. The van der Waals surface area contributed by atoms with E-state index in [4.69, 9.17) is 9.47 Å². The highest BCUT2D eigenvalue weighted by Gasteiger charge is 2.29. The van der Waals surface area contributed by atoms with E-state index >= 15 is 0 Å². The van der Waals surface area contributed by atoms with Crippen LogP contribution in [0.15, 0.2) is 23.1 Å². The number of carbonyl (C=O) groups is 1. The first-order valence-corrected chi connectivity index (χ1v) is 13.7. The number of piperidine rings is 1. The van der Waals surface area contributed by atoms with E-state index in [1.807, 2.05) is 4.90 Å². The summed E-state index contributed by atoms with van der Waals surface area (Å²) in [5.41, 5.74) is 0.398. The van der Waals surface area contributed by atoms with Crippen molar-refractivity contribution >= 4 is 15.9 Å². The number of nitrogens with one attached hydrogen (secondary N) is 1. The summed E-state index contributed by atoms with van der Waals surface area (Å²) in [5, 5.41) is 0. The van der Waals surface area contributed by atoms with Crippen LogP contribution in [0.3, 0.4) is 0 Å². The molecule has 0 radical (unpaired) electrons. The molecule has 1 saturated carbocycles. The van der Waals surface area contributed by atoms with Crippen molar-refractivity contribution in [1.29, 1.82) is 0 Å². The van der Waals surface area contributed by atoms with Crippen molar-refractivity contribution in [2.45, 2.75) is 55.9 Å². The summed E-state index contributed by atoms with van der Waals surface area (Å²) in [7, 11) is -2.31. The summed E-state index contributed by atoms with van der Waals surface area (Å²) in [6.07, 6.45) is 6.89. The van der Waals surface area contributed by atoms with Crippen LogP contribution < -0.4 is 9.46 Å². The monoisotopic (exact) mass is 479 g/mol. The fourth-order valence-corrected chi connectivity index (χ4v) is 6.64. The summed E-state index contributed by atoms with van der Waals surface area (Å²) >= 11 is 0. The third-order valence-corrected chi connectivity index (χ3v) is 8.78. The van der Waals surface area contributed by atoms with Crippen molar-refractivity contribution in [2.75, 3.05) is 53.0 Å². The minimum Gasteiger partial charge on any atom is -0.495 e. The number of benzene rings is 1. The van der Waals surface area contributed by atoms with Crippen molar-refractivity contribution in [3.8, 4) is 5.75 Å². The number of carbonyl (C=O) groups excluding carboxylic acids is 1. The van der Waals surface area contributed by atoms with Crippen LogP contribution in [0, 0.1) is 5.92 Å². The number of amides is 1. The van der Waals surface area contributed by atoms with E-state index in [1.165, 1.54) is 13.2 Å². The van der Waals surface area contributed by atoms with Gasteiger partial charge in [-0.3, -0.25) is 9.69 Å². The SMILES string of the molecule is COc1ccc(C(=O)N2CCC(CCN3CCOCC3)CC2)cc1S(=O)(=O)NC1CCCC1. The van der Waals surface area contributed by atoms with E-state index in [9.17, 15) is 13.2 Å². The van der Waals surface area contributed by atoms with E-state index in [1.54, 1.807) is 12.1 Å². The van der Waals surface area contributed by atoms with Crippen LogP contribution in [0.5, 0.6) is 5.75 Å². The standard InChI is InChI=1S/C24H37N3O5S/c1-31-22-7-6-20(18-23(22)33(29,30)25-21-4-2-3-5-21)24(28)27-12-9-19(10-13-27)8-11-26-14-16-32-17-15-26/h6-7,18-19,21,25H,2-5,8-17H2,1H3. The molecule has 1 amide bonds. The Balaban J connectivity index is 1.36. The molecule has 2 heterocycles. The van der Waals surface area contributed by atoms with Gasteiger partial charge in [-0.2, -0.15) is 0 Å². The Morgan fingerprint density at radius 3 is 2.45 bits per heavy atom. The van der Waals surface area contributed by atoms with Gasteiger partial charge in [-0.15, -0.1) is 0 Å². The predicted octanol–water partition coefficient (Wildman–Crippen LogP) is 2.49. The predicted molar refractivity (Wildman–Crippen MR) is 126 cm³/mol. The molecule has 0 unspecified atom stereocenters. The Bertz CT molecular complexity index is 903. The van der Waals surface area contributed by atoms with Gasteiger partial charge in [-0.25, -0.2) is 13.1 Å². The van der Waals surface area contributed by atoms with Gasteiger partial charge in [0.25, 0.3) is 5.91 Å². The van der Waals surface area contributed by atoms with Crippen LogP contribution in [-0.4, -0.2) is 83.2 Å². The lowest BCUT2D eigenvalue weighted by Crippen LogP contribution is -2.41. The van der Waals surface area contributed by atoms with Gasteiger partial charge in [0.1, 0.15) is 10.6 Å². The average molecular weight is 480 g/mol. The number of ether oxygens (including phenoxy) is 2.